The molecule has 0 atom stereocenters. The molecule has 9 heteroatoms. The van der Waals surface area contributed by atoms with Crippen molar-refractivity contribution in [2.45, 2.75) is 18.2 Å². The number of nitrogens with zero attached hydrogens (tertiary/aromatic N) is 3. The maximum Gasteiger partial charge on any atom is 0.238 e. The molecule has 1 fully saturated rings. The highest BCUT2D eigenvalue weighted by Gasteiger charge is 2.27. The minimum atomic E-state index is -3.69. The zero-order valence-electron chi connectivity index (χ0n) is 17.6. The summed E-state index contributed by atoms with van der Waals surface area (Å²) in [5.41, 5.74) is 2.28. The summed E-state index contributed by atoms with van der Waals surface area (Å²) < 4.78 is 31.5. The van der Waals surface area contributed by atoms with Crippen LogP contribution in [0.4, 0.5) is 5.13 Å². The smallest absolute Gasteiger partial charge is 0.238 e. The topological polar surface area (TPSA) is 79.8 Å². The van der Waals surface area contributed by atoms with Crippen LogP contribution in [0, 0.1) is 0 Å². The van der Waals surface area contributed by atoms with E-state index in [9.17, 15) is 13.2 Å². The van der Waals surface area contributed by atoms with Crippen molar-refractivity contribution < 1.29 is 17.9 Å². The summed E-state index contributed by atoms with van der Waals surface area (Å²) in [6.07, 6.45) is 0.989. The molecule has 1 aliphatic rings. The van der Waals surface area contributed by atoms with Crippen LogP contribution in [0.15, 0.2) is 47.4 Å². The fourth-order valence-electron chi connectivity index (χ4n) is 3.58. The van der Waals surface area contributed by atoms with Gasteiger partial charge in [-0.25, -0.2) is 13.4 Å². The Balaban J connectivity index is 1.38. The van der Waals surface area contributed by atoms with E-state index in [2.05, 4.69) is 30.0 Å². The van der Waals surface area contributed by atoms with Gasteiger partial charge in [-0.1, -0.05) is 24.3 Å². The Bertz CT molecular complexity index is 1180. The molecular formula is C22H25N3O4S2. The molecular weight excluding hydrogens is 434 g/mol. The number of thiazole rings is 1. The van der Waals surface area contributed by atoms with E-state index in [1.165, 1.54) is 29.5 Å². The van der Waals surface area contributed by atoms with E-state index in [1.54, 1.807) is 28.4 Å². The number of aromatic nitrogens is 1. The van der Waals surface area contributed by atoms with E-state index >= 15 is 0 Å². The Morgan fingerprint density at radius 2 is 1.81 bits per heavy atom. The highest BCUT2D eigenvalue weighted by Crippen LogP contribution is 2.30. The number of carbonyl (C=O) groups is 1. The molecule has 1 aliphatic heterocycles. The maximum absolute atomic E-state index is 12.7. The quantitative estimate of drug-likeness (QED) is 0.564. The summed E-state index contributed by atoms with van der Waals surface area (Å²) in [5, 5.41) is 0.946. The van der Waals surface area contributed by atoms with Crippen LogP contribution in [-0.4, -0.2) is 63.3 Å². The molecule has 7 nitrogen and oxygen atoms in total. The van der Waals surface area contributed by atoms with Gasteiger partial charge in [0.05, 0.1) is 22.2 Å². The number of ether oxygens (including phenoxy) is 1. The van der Waals surface area contributed by atoms with Gasteiger partial charge < -0.3 is 14.5 Å². The molecule has 1 aromatic heterocycles. The van der Waals surface area contributed by atoms with E-state index < -0.39 is 15.6 Å². The number of amides is 1. The Morgan fingerprint density at radius 1 is 1.10 bits per heavy atom. The van der Waals surface area contributed by atoms with Gasteiger partial charge in [-0.2, -0.15) is 0 Å². The van der Waals surface area contributed by atoms with Crippen LogP contribution in [0.5, 0.6) is 5.75 Å². The Morgan fingerprint density at radius 3 is 2.45 bits per heavy atom. The average Bonchev–Trinajstić information content (AvgIpc) is 3.22. The molecule has 2 aromatic carbocycles. The van der Waals surface area contributed by atoms with Crippen molar-refractivity contribution in [1.82, 2.24) is 9.88 Å². The lowest BCUT2D eigenvalue weighted by molar-refractivity contribution is -0.128. The van der Waals surface area contributed by atoms with Crippen LogP contribution in [0.3, 0.4) is 0 Å². The molecule has 0 spiro atoms. The molecule has 1 saturated heterocycles. The molecule has 4 rings (SSSR count). The first-order valence-electron chi connectivity index (χ1n) is 10.2. The second-order valence-corrected chi connectivity index (χ2v) is 10.5. The van der Waals surface area contributed by atoms with Gasteiger partial charge in [0.25, 0.3) is 0 Å². The third kappa shape index (κ3) is 4.67. The van der Waals surface area contributed by atoms with E-state index in [0.717, 1.165) is 17.1 Å². The third-order valence-corrected chi connectivity index (χ3v) is 8.18. The largest absolute Gasteiger partial charge is 0.497 e. The first-order valence-corrected chi connectivity index (χ1v) is 12.7. The van der Waals surface area contributed by atoms with Gasteiger partial charge in [-0.3, -0.25) is 4.79 Å². The number of sulfone groups is 1. The second-order valence-electron chi connectivity index (χ2n) is 7.45. The van der Waals surface area contributed by atoms with Gasteiger partial charge >= 0.3 is 0 Å². The molecule has 2 heterocycles. The highest BCUT2D eigenvalue weighted by atomic mass is 32.2. The Hall–Kier alpha value is -2.65. The summed E-state index contributed by atoms with van der Waals surface area (Å²) in [4.78, 5) is 21.3. The number of benzene rings is 2. The Kier molecular flexibility index (Phi) is 6.15. The number of piperazine rings is 1. The molecule has 0 bridgehead atoms. The van der Waals surface area contributed by atoms with Crippen LogP contribution < -0.4 is 9.64 Å². The van der Waals surface area contributed by atoms with Crippen molar-refractivity contribution in [2.75, 3.05) is 43.9 Å². The van der Waals surface area contributed by atoms with Crippen molar-refractivity contribution >= 4 is 42.4 Å². The number of aryl methyl sites for hydroxylation is 1. The van der Waals surface area contributed by atoms with E-state index in [4.69, 9.17) is 9.72 Å². The van der Waals surface area contributed by atoms with Gasteiger partial charge in [-0.15, -0.1) is 0 Å². The first kappa shape index (κ1) is 21.6. The molecule has 31 heavy (non-hydrogen) atoms. The number of carbonyl (C=O) groups excluding carboxylic acids is 1. The van der Waals surface area contributed by atoms with Crippen LogP contribution in [0.1, 0.15) is 12.5 Å². The summed E-state index contributed by atoms with van der Waals surface area (Å²) in [6.45, 7) is 4.36. The predicted octanol–water partition coefficient (Wildman–Crippen LogP) is 2.99. The summed E-state index contributed by atoms with van der Waals surface area (Å²) in [6, 6.07) is 12.4. The lowest BCUT2D eigenvalue weighted by Crippen LogP contribution is -2.50. The normalized spacial score (nSPS) is 14.8. The highest BCUT2D eigenvalue weighted by molar-refractivity contribution is 7.92. The van der Waals surface area contributed by atoms with Crippen molar-refractivity contribution in [3.8, 4) is 5.75 Å². The predicted molar refractivity (Wildman–Crippen MR) is 123 cm³/mol. The second kappa shape index (κ2) is 8.84. The first-order chi connectivity index (χ1) is 14.9. The van der Waals surface area contributed by atoms with Gasteiger partial charge in [0, 0.05) is 26.2 Å². The number of hydrogen-bond acceptors (Lipinski definition) is 7. The van der Waals surface area contributed by atoms with Crippen LogP contribution in [0.25, 0.3) is 10.2 Å². The molecule has 0 saturated carbocycles. The van der Waals surface area contributed by atoms with Crippen molar-refractivity contribution in [1.29, 1.82) is 0 Å². The number of anilines is 1. The lowest BCUT2D eigenvalue weighted by atomic mass is 10.2. The molecule has 0 unspecified atom stereocenters. The number of hydrogen-bond donors (Lipinski definition) is 0. The summed E-state index contributed by atoms with van der Waals surface area (Å²) >= 11 is 1.66. The monoisotopic (exact) mass is 459 g/mol. The average molecular weight is 460 g/mol. The van der Waals surface area contributed by atoms with Gasteiger partial charge in [0.2, 0.25) is 5.91 Å². The summed E-state index contributed by atoms with van der Waals surface area (Å²) in [7, 11) is -2.18. The fraction of sp³-hybridized carbons (Fsp3) is 0.364. The number of rotatable bonds is 6. The van der Waals surface area contributed by atoms with Crippen LogP contribution in [-0.2, 0) is 21.1 Å². The van der Waals surface area contributed by atoms with Crippen molar-refractivity contribution in [2.24, 2.45) is 0 Å². The molecule has 0 aliphatic carbocycles. The Labute approximate surface area is 186 Å². The van der Waals surface area contributed by atoms with Crippen LogP contribution >= 0.6 is 11.3 Å². The lowest BCUT2D eigenvalue weighted by Gasteiger charge is -2.34. The molecule has 164 valence electrons. The zero-order valence-corrected chi connectivity index (χ0v) is 19.2. The van der Waals surface area contributed by atoms with E-state index in [-0.39, 0.29) is 10.8 Å². The minimum Gasteiger partial charge on any atom is -0.497 e. The van der Waals surface area contributed by atoms with E-state index in [1.807, 2.05) is 0 Å². The standard InChI is InChI=1S/C22H25N3O4S2/c1-3-16-4-9-19-20(14-16)30-22(23-19)25-12-10-24(11-13-25)21(26)15-31(27,28)18-7-5-17(29-2)6-8-18/h4-9,14H,3,10-13,15H2,1-2H3. The van der Waals surface area contributed by atoms with Crippen molar-refractivity contribution in [3.63, 3.8) is 0 Å². The molecule has 1 amide bonds. The molecule has 3 aromatic rings. The zero-order chi connectivity index (χ0) is 22.0. The minimum absolute atomic E-state index is 0.126. The number of fused-ring (bicyclic) bond motifs is 1. The summed E-state index contributed by atoms with van der Waals surface area (Å²) in [5.74, 6) is -0.324. The molecule has 0 N–H and O–H groups in total. The maximum atomic E-state index is 12.7. The van der Waals surface area contributed by atoms with Gasteiger partial charge in [-0.05, 0) is 48.4 Å². The van der Waals surface area contributed by atoms with Gasteiger partial charge in [0.1, 0.15) is 11.5 Å². The number of methoxy groups -OCH3 is 1. The van der Waals surface area contributed by atoms with Crippen LogP contribution in [0.2, 0.25) is 0 Å². The third-order valence-electron chi connectivity index (χ3n) is 5.48. The fourth-order valence-corrected chi connectivity index (χ4v) is 5.89. The van der Waals surface area contributed by atoms with E-state index in [0.29, 0.717) is 31.9 Å². The SMILES string of the molecule is CCc1ccc2nc(N3CCN(C(=O)CS(=O)(=O)c4ccc(OC)cc4)CC3)sc2c1. The molecule has 0 radical (unpaired) electrons. The van der Waals surface area contributed by atoms with Gasteiger partial charge in [0.15, 0.2) is 15.0 Å². The van der Waals surface area contributed by atoms with Crippen molar-refractivity contribution in [3.05, 3.63) is 48.0 Å².